The van der Waals surface area contributed by atoms with Crippen molar-refractivity contribution in [1.82, 2.24) is 24.7 Å². The van der Waals surface area contributed by atoms with Crippen molar-refractivity contribution < 1.29 is 4.79 Å². The highest BCUT2D eigenvalue weighted by molar-refractivity contribution is 9.10. The molecule has 1 unspecified atom stereocenters. The zero-order valence-corrected chi connectivity index (χ0v) is 19.4. The van der Waals surface area contributed by atoms with Gasteiger partial charge in [0.25, 0.3) is 0 Å². The van der Waals surface area contributed by atoms with E-state index in [1.165, 1.54) is 0 Å². The van der Waals surface area contributed by atoms with Crippen molar-refractivity contribution in [2.24, 2.45) is 0 Å². The van der Waals surface area contributed by atoms with Gasteiger partial charge in [-0.25, -0.2) is 9.97 Å². The van der Waals surface area contributed by atoms with Gasteiger partial charge < -0.3 is 5.32 Å². The highest BCUT2D eigenvalue weighted by atomic mass is 79.9. The Labute approximate surface area is 193 Å². The van der Waals surface area contributed by atoms with E-state index < -0.39 is 5.92 Å². The molecule has 3 aromatic heterocycles. The molecular weight excluding hydrogens is 470 g/mol. The van der Waals surface area contributed by atoms with Crippen LogP contribution in [-0.4, -0.2) is 37.2 Å². The summed E-state index contributed by atoms with van der Waals surface area (Å²) < 4.78 is 2.78. The Hall–Kier alpha value is -3.33. The lowest BCUT2D eigenvalue weighted by molar-refractivity contribution is -0.116. The number of carbonyl (C=O) groups excluding carboxylic acids is 1. The predicted octanol–water partition coefficient (Wildman–Crippen LogP) is 4.64. The van der Waals surface area contributed by atoms with Gasteiger partial charge in [0.1, 0.15) is 11.7 Å². The molecular formula is C23H22BrN7O. The van der Waals surface area contributed by atoms with Gasteiger partial charge in [-0.2, -0.15) is 10.1 Å². The van der Waals surface area contributed by atoms with Gasteiger partial charge in [-0.05, 0) is 49.2 Å². The van der Waals surface area contributed by atoms with Gasteiger partial charge in [0.15, 0.2) is 5.65 Å². The van der Waals surface area contributed by atoms with Crippen molar-refractivity contribution in [1.29, 1.82) is 0 Å². The third-order valence-corrected chi connectivity index (χ3v) is 5.99. The van der Waals surface area contributed by atoms with Crippen LogP contribution in [0.4, 0.5) is 17.5 Å². The number of nitrogens with one attached hydrogen (secondary N) is 1. The Balaban J connectivity index is 1.73. The fraction of sp³-hybridized carbons (Fsp3) is 0.261. The number of fused-ring (bicyclic) bond motifs is 2. The lowest BCUT2D eigenvalue weighted by Crippen LogP contribution is -2.22. The summed E-state index contributed by atoms with van der Waals surface area (Å²) in [6.45, 7) is 5.51. The molecule has 1 aromatic carbocycles. The average molecular weight is 492 g/mol. The topological polar surface area (TPSA) is 88.8 Å². The van der Waals surface area contributed by atoms with Crippen LogP contribution < -0.4 is 10.2 Å². The molecule has 0 radical (unpaired) electrons. The average Bonchev–Trinajstić information content (AvgIpc) is 3.34. The maximum absolute atomic E-state index is 13.1. The van der Waals surface area contributed by atoms with E-state index in [1.807, 2.05) is 59.1 Å². The minimum atomic E-state index is -0.548. The van der Waals surface area contributed by atoms with Crippen LogP contribution in [-0.2, 0) is 11.3 Å². The van der Waals surface area contributed by atoms with E-state index in [1.54, 1.807) is 6.20 Å². The first kappa shape index (κ1) is 20.6. The zero-order chi connectivity index (χ0) is 22.2. The monoisotopic (exact) mass is 491 g/mol. The molecule has 1 N–H and O–H groups in total. The number of carbonyl (C=O) groups is 1. The second-order valence-corrected chi connectivity index (χ2v) is 8.54. The first-order valence-electron chi connectivity index (χ1n) is 10.6. The molecule has 1 aliphatic rings. The number of rotatable bonds is 6. The maximum atomic E-state index is 13.1. The molecule has 8 nitrogen and oxygen atoms in total. The first-order valence-corrected chi connectivity index (χ1v) is 11.4. The minimum Gasteiger partial charge on any atom is -0.325 e. The van der Waals surface area contributed by atoms with E-state index >= 15 is 0 Å². The lowest BCUT2D eigenvalue weighted by Gasteiger charge is -2.21. The minimum absolute atomic E-state index is 0.104. The molecule has 9 heteroatoms. The highest BCUT2D eigenvalue weighted by Crippen LogP contribution is 2.40. The van der Waals surface area contributed by atoms with E-state index in [4.69, 9.17) is 9.97 Å². The summed E-state index contributed by atoms with van der Waals surface area (Å²) >= 11 is 3.53. The van der Waals surface area contributed by atoms with E-state index in [-0.39, 0.29) is 5.91 Å². The molecule has 4 aromatic rings. The van der Waals surface area contributed by atoms with Gasteiger partial charge in [-0.15, -0.1) is 0 Å². The molecule has 0 spiro atoms. The third-order valence-electron chi connectivity index (χ3n) is 5.50. The SMILES string of the molecule is CCCn1cc2c(C3C(=O)Nc4ccc(Br)cc43)nc(N(CC)c3ccccn3)nc2n1. The van der Waals surface area contributed by atoms with E-state index in [2.05, 4.69) is 38.3 Å². The van der Waals surface area contributed by atoms with Crippen LogP contribution >= 0.6 is 15.9 Å². The Bertz CT molecular complexity index is 1300. The number of hydrogen-bond donors (Lipinski definition) is 1. The predicted molar refractivity (Wildman–Crippen MR) is 127 cm³/mol. The van der Waals surface area contributed by atoms with E-state index in [9.17, 15) is 4.79 Å². The Kier molecular flexibility index (Phi) is 5.34. The number of aromatic nitrogens is 5. The van der Waals surface area contributed by atoms with Crippen molar-refractivity contribution in [3.8, 4) is 0 Å². The summed E-state index contributed by atoms with van der Waals surface area (Å²) in [5.74, 6) is 0.570. The number of amides is 1. The van der Waals surface area contributed by atoms with Gasteiger partial charge in [0, 0.05) is 35.6 Å². The van der Waals surface area contributed by atoms with Gasteiger partial charge >= 0.3 is 0 Å². The van der Waals surface area contributed by atoms with Crippen LogP contribution in [0.25, 0.3) is 11.0 Å². The molecule has 0 aliphatic carbocycles. The maximum Gasteiger partial charge on any atom is 0.238 e. The van der Waals surface area contributed by atoms with Crippen LogP contribution in [0.5, 0.6) is 0 Å². The number of hydrogen-bond acceptors (Lipinski definition) is 6. The third kappa shape index (κ3) is 3.52. The fourth-order valence-electron chi connectivity index (χ4n) is 4.07. The van der Waals surface area contributed by atoms with Gasteiger partial charge in [-0.3, -0.25) is 14.4 Å². The number of nitrogens with zero attached hydrogens (tertiary/aromatic N) is 6. The summed E-state index contributed by atoms with van der Waals surface area (Å²) in [5, 5.41) is 8.46. The van der Waals surface area contributed by atoms with Gasteiger partial charge in [0.2, 0.25) is 11.9 Å². The molecule has 162 valence electrons. The molecule has 1 aliphatic heterocycles. The van der Waals surface area contributed by atoms with Crippen LogP contribution in [0.15, 0.2) is 53.3 Å². The van der Waals surface area contributed by atoms with Crippen molar-refractivity contribution in [3.63, 3.8) is 0 Å². The lowest BCUT2D eigenvalue weighted by atomic mass is 9.95. The van der Waals surface area contributed by atoms with E-state index in [0.29, 0.717) is 23.8 Å². The normalized spacial score (nSPS) is 15.1. The van der Waals surface area contributed by atoms with Crippen molar-refractivity contribution >= 4 is 50.3 Å². The molecule has 5 rings (SSSR count). The van der Waals surface area contributed by atoms with Crippen molar-refractivity contribution in [2.75, 3.05) is 16.8 Å². The largest absolute Gasteiger partial charge is 0.325 e. The molecule has 0 fully saturated rings. The van der Waals surface area contributed by atoms with Crippen molar-refractivity contribution in [3.05, 3.63) is 64.5 Å². The zero-order valence-electron chi connectivity index (χ0n) is 17.8. The Morgan fingerprint density at radius 2 is 2.06 bits per heavy atom. The van der Waals surface area contributed by atoms with Crippen LogP contribution in [0.3, 0.4) is 0 Å². The second-order valence-electron chi connectivity index (χ2n) is 7.62. The summed E-state index contributed by atoms with van der Waals surface area (Å²) in [6.07, 6.45) is 4.63. The molecule has 0 bridgehead atoms. The van der Waals surface area contributed by atoms with E-state index in [0.717, 1.165) is 39.9 Å². The van der Waals surface area contributed by atoms with Crippen LogP contribution in [0.1, 0.15) is 37.4 Å². The summed E-state index contributed by atoms with van der Waals surface area (Å²) in [7, 11) is 0. The standard InChI is InChI=1S/C23H22BrN7O/c1-3-11-30-13-16-20(19-15-12-14(24)8-9-17(15)26-22(19)32)27-23(28-21(16)29-30)31(4-2)18-7-5-6-10-25-18/h5-10,12-13,19H,3-4,11H2,1-2H3,(H,26,32). The number of aryl methyl sites for hydroxylation is 1. The molecule has 1 amide bonds. The molecule has 32 heavy (non-hydrogen) atoms. The number of anilines is 3. The Morgan fingerprint density at radius 3 is 2.81 bits per heavy atom. The van der Waals surface area contributed by atoms with Crippen LogP contribution in [0, 0.1) is 0 Å². The van der Waals surface area contributed by atoms with Gasteiger partial charge in [-0.1, -0.05) is 28.9 Å². The number of halogens is 1. The Morgan fingerprint density at radius 1 is 1.19 bits per heavy atom. The smallest absolute Gasteiger partial charge is 0.238 e. The summed E-state index contributed by atoms with van der Waals surface area (Å²) in [6, 6.07) is 11.5. The molecule has 4 heterocycles. The highest BCUT2D eigenvalue weighted by Gasteiger charge is 2.36. The second kappa shape index (κ2) is 8.31. The van der Waals surface area contributed by atoms with Gasteiger partial charge in [0.05, 0.1) is 11.1 Å². The first-order chi connectivity index (χ1) is 15.6. The molecule has 0 saturated carbocycles. The molecule has 0 saturated heterocycles. The van der Waals surface area contributed by atoms with Crippen molar-refractivity contribution in [2.45, 2.75) is 32.7 Å². The number of pyridine rings is 1. The molecule has 1 atom stereocenters. The van der Waals surface area contributed by atoms with Crippen LogP contribution in [0.2, 0.25) is 0 Å². The quantitative estimate of drug-likeness (QED) is 0.422. The fourth-order valence-corrected chi connectivity index (χ4v) is 4.45. The number of benzene rings is 1. The summed E-state index contributed by atoms with van der Waals surface area (Å²) in [4.78, 5) is 29.2. The summed E-state index contributed by atoms with van der Waals surface area (Å²) in [5.41, 5.74) is 2.91.